The Hall–Kier alpha value is -1.06. The quantitative estimate of drug-likeness (QED) is 0.860. The van der Waals surface area contributed by atoms with Crippen LogP contribution in [0.1, 0.15) is 51.4 Å². The van der Waals surface area contributed by atoms with Gasteiger partial charge in [-0.2, -0.15) is 0 Å². The fraction of sp³-hybridized carbons (Fsp3) is 0.875. The Morgan fingerprint density at radius 1 is 1.15 bits per heavy atom. The number of fused-ring (bicyclic) bond motifs is 2. The van der Waals surface area contributed by atoms with Crippen LogP contribution >= 0.6 is 0 Å². The molecule has 1 N–H and O–H groups in total. The minimum atomic E-state index is -0.721. The van der Waals surface area contributed by atoms with Crippen LogP contribution in [-0.4, -0.2) is 35.0 Å². The van der Waals surface area contributed by atoms with Gasteiger partial charge in [-0.1, -0.05) is 6.42 Å². The van der Waals surface area contributed by atoms with Gasteiger partial charge in [-0.05, 0) is 56.3 Å². The van der Waals surface area contributed by atoms with Crippen molar-refractivity contribution >= 4 is 11.9 Å². The molecular formula is C16H25NO3. The summed E-state index contributed by atoms with van der Waals surface area (Å²) in [7, 11) is 0. The minimum Gasteiger partial charge on any atom is -0.481 e. The molecule has 3 aliphatic rings. The highest BCUT2D eigenvalue weighted by Crippen LogP contribution is 2.49. The van der Waals surface area contributed by atoms with Crippen molar-refractivity contribution < 1.29 is 14.7 Å². The molecule has 1 saturated heterocycles. The zero-order chi connectivity index (χ0) is 14.1. The van der Waals surface area contributed by atoms with Crippen LogP contribution < -0.4 is 0 Å². The highest BCUT2D eigenvalue weighted by Gasteiger charge is 2.44. The molecule has 3 rings (SSSR count). The number of aliphatic carboxylic acids is 1. The number of hydrogen-bond acceptors (Lipinski definition) is 2. The number of carbonyl (C=O) groups excluding carboxylic acids is 1. The summed E-state index contributed by atoms with van der Waals surface area (Å²) in [5.74, 6) is 1.78. The van der Waals surface area contributed by atoms with Gasteiger partial charge in [-0.25, -0.2) is 0 Å². The summed E-state index contributed by atoms with van der Waals surface area (Å²) in [5.41, 5.74) is 0. The minimum absolute atomic E-state index is 0.237. The van der Waals surface area contributed by atoms with E-state index in [9.17, 15) is 9.59 Å². The predicted octanol–water partition coefficient (Wildman–Crippen LogP) is 2.53. The van der Waals surface area contributed by atoms with Gasteiger partial charge in [0.15, 0.2) is 0 Å². The Balaban J connectivity index is 1.54. The Morgan fingerprint density at radius 3 is 2.65 bits per heavy atom. The van der Waals surface area contributed by atoms with Gasteiger partial charge < -0.3 is 10.0 Å². The number of amides is 1. The van der Waals surface area contributed by atoms with Crippen LogP contribution in [-0.2, 0) is 9.59 Å². The molecule has 0 aromatic heterocycles. The van der Waals surface area contributed by atoms with Gasteiger partial charge in [0, 0.05) is 25.4 Å². The topological polar surface area (TPSA) is 57.6 Å². The van der Waals surface area contributed by atoms with Gasteiger partial charge >= 0.3 is 5.97 Å². The second-order valence-corrected chi connectivity index (χ2v) is 7.01. The SMILES string of the molecule is O=C(O)CCC1CCCN(C(=O)C2CC3CCC2C3)C1. The summed E-state index contributed by atoms with van der Waals surface area (Å²) in [4.78, 5) is 25.4. The van der Waals surface area contributed by atoms with Gasteiger partial charge in [0.1, 0.15) is 0 Å². The normalized spacial score (nSPS) is 36.3. The van der Waals surface area contributed by atoms with Crippen molar-refractivity contribution in [3.8, 4) is 0 Å². The van der Waals surface area contributed by atoms with E-state index in [0.717, 1.165) is 44.7 Å². The van der Waals surface area contributed by atoms with Crippen molar-refractivity contribution in [2.75, 3.05) is 13.1 Å². The number of carbonyl (C=O) groups is 2. The largest absolute Gasteiger partial charge is 0.481 e. The van der Waals surface area contributed by atoms with E-state index in [1.807, 2.05) is 4.90 Å². The van der Waals surface area contributed by atoms with Crippen molar-refractivity contribution in [1.82, 2.24) is 4.90 Å². The van der Waals surface area contributed by atoms with E-state index in [-0.39, 0.29) is 12.3 Å². The first-order valence-corrected chi connectivity index (χ1v) is 8.14. The summed E-state index contributed by atoms with van der Waals surface area (Å²) in [5, 5.41) is 8.78. The fourth-order valence-electron chi connectivity index (χ4n) is 4.61. The third-order valence-corrected chi connectivity index (χ3v) is 5.65. The molecule has 4 nitrogen and oxygen atoms in total. The molecule has 2 aliphatic carbocycles. The Morgan fingerprint density at radius 2 is 2.00 bits per heavy atom. The van der Waals surface area contributed by atoms with Gasteiger partial charge in [-0.3, -0.25) is 9.59 Å². The Bertz CT molecular complexity index is 395. The lowest BCUT2D eigenvalue weighted by Gasteiger charge is -2.36. The molecule has 4 unspecified atom stereocenters. The van der Waals surface area contributed by atoms with Crippen LogP contribution in [0.15, 0.2) is 0 Å². The van der Waals surface area contributed by atoms with Crippen LogP contribution in [0.3, 0.4) is 0 Å². The number of rotatable bonds is 4. The van der Waals surface area contributed by atoms with Gasteiger partial charge in [0.2, 0.25) is 5.91 Å². The smallest absolute Gasteiger partial charge is 0.303 e. The zero-order valence-corrected chi connectivity index (χ0v) is 12.1. The first-order valence-electron chi connectivity index (χ1n) is 8.14. The molecule has 0 aromatic rings. The van der Waals surface area contributed by atoms with Crippen LogP contribution in [0.5, 0.6) is 0 Å². The number of carboxylic acids is 1. The molecule has 1 amide bonds. The molecule has 0 aromatic carbocycles. The highest BCUT2D eigenvalue weighted by atomic mass is 16.4. The average Bonchev–Trinajstić information content (AvgIpc) is 3.07. The molecule has 0 radical (unpaired) electrons. The average molecular weight is 279 g/mol. The van der Waals surface area contributed by atoms with Gasteiger partial charge in [0.05, 0.1) is 0 Å². The molecule has 2 bridgehead atoms. The summed E-state index contributed by atoms with van der Waals surface area (Å²) < 4.78 is 0. The van der Waals surface area contributed by atoms with E-state index in [1.54, 1.807) is 0 Å². The van der Waals surface area contributed by atoms with E-state index in [0.29, 0.717) is 17.7 Å². The third kappa shape index (κ3) is 2.84. The molecule has 3 fully saturated rings. The van der Waals surface area contributed by atoms with Crippen molar-refractivity contribution in [3.63, 3.8) is 0 Å². The first kappa shape index (κ1) is 13.9. The summed E-state index contributed by atoms with van der Waals surface area (Å²) in [6.45, 7) is 1.68. The summed E-state index contributed by atoms with van der Waals surface area (Å²) >= 11 is 0. The maximum absolute atomic E-state index is 12.7. The molecule has 112 valence electrons. The van der Waals surface area contributed by atoms with Crippen molar-refractivity contribution in [3.05, 3.63) is 0 Å². The molecule has 4 heteroatoms. The van der Waals surface area contributed by atoms with Gasteiger partial charge in [0.25, 0.3) is 0 Å². The molecule has 20 heavy (non-hydrogen) atoms. The number of nitrogens with zero attached hydrogens (tertiary/aromatic N) is 1. The Labute approximate surface area is 120 Å². The fourth-order valence-corrected chi connectivity index (χ4v) is 4.61. The molecular weight excluding hydrogens is 254 g/mol. The maximum atomic E-state index is 12.7. The highest BCUT2D eigenvalue weighted by molar-refractivity contribution is 5.79. The lowest BCUT2D eigenvalue weighted by atomic mass is 9.86. The number of carboxylic acid groups (broad SMARTS) is 1. The standard InChI is InChI=1S/C16H25NO3/c18-15(19)6-4-11-2-1-7-17(10-11)16(20)14-9-12-3-5-13(14)8-12/h11-14H,1-10H2,(H,18,19). The number of hydrogen-bond donors (Lipinski definition) is 1. The van der Waals surface area contributed by atoms with Crippen molar-refractivity contribution in [2.24, 2.45) is 23.7 Å². The monoisotopic (exact) mass is 279 g/mol. The van der Waals surface area contributed by atoms with Crippen LogP contribution in [0.4, 0.5) is 0 Å². The van der Waals surface area contributed by atoms with E-state index < -0.39 is 5.97 Å². The van der Waals surface area contributed by atoms with E-state index in [2.05, 4.69) is 0 Å². The predicted molar refractivity (Wildman–Crippen MR) is 75.1 cm³/mol. The first-order chi connectivity index (χ1) is 9.63. The second kappa shape index (κ2) is 5.74. The number of likely N-dealkylation sites (tertiary alicyclic amines) is 1. The molecule has 4 atom stereocenters. The van der Waals surface area contributed by atoms with E-state index in [1.165, 1.54) is 19.3 Å². The summed E-state index contributed by atoms with van der Waals surface area (Å²) in [6.07, 6.45) is 8.03. The maximum Gasteiger partial charge on any atom is 0.303 e. The lowest BCUT2D eigenvalue weighted by Crippen LogP contribution is -2.44. The third-order valence-electron chi connectivity index (χ3n) is 5.65. The Kier molecular flexibility index (Phi) is 3.99. The van der Waals surface area contributed by atoms with Crippen molar-refractivity contribution in [1.29, 1.82) is 0 Å². The van der Waals surface area contributed by atoms with Crippen LogP contribution in [0.25, 0.3) is 0 Å². The van der Waals surface area contributed by atoms with Crippen molar-refractivity contribution in [2.45, 2.75) is 51.4 Å². The zero-order valence-electron chi connectivity index (χ0n) is 12.1. The second-order valence-electron chi connectivity index (χ2n) is 7.01. The van der Waals surface area contributed by atoms with E-state index in [4.69, 9.17) is 5.11 Å². The summed E-state index contributed by atoms with van der Waals surface area (Å²) in [6, 6.07) is 0. The molecule has 1 heterocycles. The number of piperidine rings is 1. The lowest BCUT2D eigenvalue weighted by molar-refractivity contribution is -0.139. The molecule has 0 spiro atoms. The molecule has 2 saturated carbocycles. The molecule has 1 aliphatic heterocycles. The van der Waals surface area contributed by atoms with E-state index >= 15 is 0 Å². The van der Waals surface area contributed by atoms with Crippen LogP contribution in [0, 0.1) is 23.7 Å². The van der Waals surface area contributed by atoms with Crippen LogP contribution in [0.2, 0.25) is 0 Å². The van der Waals surface area contributed by atoms with Gasteiger partial charge in [-0.15, -0.1) is 0 Å².